The zero-order chi connectivity index (χ0) is 24.7. The molecule has 0 aromatic heterocycles. The Hall–Kier alpha value is -3.39. The van der Waals surface area contributed by atoms with Gasteiger partial charge >= 0.3 is 12.1 Å². The molecule has 2 unspecified atom stereocenters. The van der Waals surface area contributed by atoms with Crippen LogP contribution in [0.1, 0.15) is 37.3 Å². The quantitative estimate of drug-likeness (QED) is 0.466. The number of aliphatic carboxylic acids is 1. The number of ether oxygens (including phenoxy) is 2. The first-order valence-corrected chi connectivity index (χ1v) is 11.4. The normalized spacial score (nSPS) is 14.1. The van der Waals surface area contributed by atoms with Crippen LogP contribution in [0.3, 0.4) is 0 Å². The van der Waals surface area contributed by atoms with E-state index in [2.05, 4.69) is 22.8 Å². The number of amides is 2. The Kier molecular flexibility index (Phi) is 8.65. The minimum Gasteiger partial charge on any atom is -0.481 e. The van der Waals surface area contributed by atoms with Crippen LogP contribution in [0.15, 0.2) is 48.5 Å². The molecule has 3 N–H and O–H groups in total. The summed E-state index contributed by atoms with van der Waals surface area (Å²) in [5.41, 5.74) is 4.45. The Labute approximate surface area is 199 Å². The van der Waals surface area contributed by atoms with Gasteiger partial charge in [-0.15, -0.1) is 0 Å². The van der Waals surface area contributed by atoms with Gasteiger partial charge in [0.1, 0.15) is 12.6 Å². The monoisotopic (exact) mass is 468 g/mol. The Balaban J connectivity index is 1.59. The number of benzene rings is 2. The molecule has 8 nitrogen and oxygen atoms in total. The van der Waals surface area contributed by atoms with Gasteiger partial charge in [0.2, 0.25) is 5.91 Å². The lowest BCUT2D eigenvalue weighted by molar-refractivity contribution is -0.138. The molecule has 2 amide bonds. The van der Waals surface area contributed by atoms with Crippen LogP contribution in [-0.4, -0.2) is 56.0 Å². The number of carboxylic acids is 1. The fraction of sp³-hybridized carbons (Fsp3) is 0.423. The van der Waals surface area contributed by atoms with Crippen molar-refractivity contribution < 1.29 is 29.0 Å². The van der Waals surface area contributed by atoms with Gasteiger partial charge in [0.25, 0.3) is 0 Å². The van der Waals surface area contributed by atoms with E-state index in [9.17, 15) is 14.4 Å². The van der Waals surface area contributed by atoms with Gasteiger partial charge in [0, 0.05) is 19.6 Å². The third-order valence-electron chi connectivity index (χ3n) is 6.20. The maximum atomic E-state index is 12.7. The average molecular weight is 469 g/mol. The van der Waals surface area contributed by atoms with Crippen LogP contribution in [0.4, 0.5) is 4.79 Å². The van der Waals surface area contributed by atoms with E-state index >= 15 is 0 Å². The number of hydrogen-bond acceptors (Lipinski definition) is 5. The number of carbonyl (C=O) groups excluding carboxylic acids is 2. The van der Waals surface area contributed by atoms with E-state index < -0.39 is 24.0 Å². The first-order chi connectivity index (χ1) is 16.3. The summed E-state index contributed by atoms with van der Waals surface area (Å²) in [6, 6.07) is 15.1. The van der Waals surface area contributed by atoms with Crippen molar-refractivity contribution in [2.75, 3.05) is 26.9 Å². The number of rotatable bonds is 11. The SMILES string of the molecule is COCC(NC(=O)OCC1c2ccccc2-c2ccccc21)C(=O)NCC(CC(=O)O)C(C)C. The number of alkyl carbamates (subject to hydrolysis) is 1. The number of carboxylic acid groups (broad SMARTS) is 1. The van der Waals surface area contributed by atoms with Crippen molar-refractivity contribution in [2.24, 2.45) is 11.8 Å². The molecule has 34 heavy (non-hydrogen) atoms. The molecule has 8 heteroatoms. The summed E-state index contributed by atoms with van der Waals surface area (Å²) in [5.74, 6) is -1.60. The van der Waals surface area contributed by atoms with Crippen LogP contribution in [0.2, 0.25) is 0 Å². The van der Waals surface area contributed by atoms with Gasteiger partial charge in [-0.05, 0) is 34.1 Å². The maximum absolute atomic E-state index is 12.7. The Morgan fingerprint density at radius 2 is 1.59 bits per heavy atom. The topological polar surface area (TPSA) is 114 Å². The highest BCUT2D eigenvalue weighted by molar-refractivity contribution is 5.86. The van der Waals surface area contributed by atoms with Gasteiger partial charge in [-0.25, -0.2) is 4.79 Å². The van der Waals surface area contributed by atoms with Gasteiger partial charge in [-0.2, -0.15) is 0 Å². The lowest BCUT2D eigenvalue weighted by atomic mass is 9.92. The van der Waals surface area contributed by atoms with Gasteiger partial charge < -0.3 is 25.2 Å². The Bertz CT molecular complexity index is 976. The first-order valence-electron chi connectivity index (χ1n) is 11.4. The van der Waals surface area contributed by atoms with Crippen LogP contribution in [0.5, 0.6) is 0 Å². The summed E-state index contributed by atoms with van der Waals surface area (Å²) in [6.45, 7) is 4.09. The molecule has 1 aliphatic carbocycles. The molecule has 0 aliphatic heterocycles. The van der Waals surface area contributed by atoms with Gasteiger partial charge in [-0.1, -0.05) is 62.4 Å². The molecule has 0 bridgehead atoms. The Morgan fingerprint density at radius 1 is 1.00 bits per heavy atom. The molecule has 2 atom stereocenters. The van der Waals surface area contributed by atoms with Gasteiger partial charge in [-0.3, -0.25) is 9.59 Å². The summed E-state index contributed by atoms with van der Waals surface area (Å²) < 4.78 is 10.6. The van der Waals surface area contributed by atoms with Crippen molar-refractivity contribution in [2.45, 2.75) is 32.2 Å². The minimum absolute atomic E-state index is 0.0404. The lowest BCUT2D eigenvalue weighted by Gasteiger charge is -2.22. The second-order valence-electron chi connectivity index (χ2n) is 8.82. The van der Waals surface area contributed by atoms with Crippen LogP contribution < -0.4 is 10.6 Å². The molecule has 0 fully saturated rings. The predicted octanol–water partition coefficient (Wildman–Crippen LogP) is 3.40. The van der Waals surface area contributed by atoms with E-state index in [-0.39, 0.29) is 43.9 Å². The molecular weight excluding hydrogens is 436 g/mol. The highest BCUT2D eigenvalue weighted by atomic mass is 16.5. The number of hydrogen-bond donors (Lipinski definition) is 3. The molecule has 182 valence electrons. The standard InChI is InChI=1S/C26H32N2O6/c1-16(2)17(12-24(29)30)13-27-25(31)23(15-33-3)28-26(32)34-14-22-20-10-6-4-8-18(20)19-9-5-7-11-21(19)22/h4-11,16-17,22-23H,12-15H2,1-3H3,(H,27,31)(H,28,32)(H,29,30). The number of fused-ring (bicyclic) bond motifs is 3. The zero-order valence-corrected chi connectivity index (χ0v) is 19.7. The van der Waals surface area contributed by atoms with Crippen molar-refractivity contribution in [3.63, 3.8) is 0 Å². The number of carbonyl (C=O) groups is 3. The van der Waals surface area contributed by atoms with Gasteiger partial charge in [0.05, 0.1) is 13.0 Å². The molecule has 2 aromatic rings. The first kappa shape index (κ1) is 25.2. The third-order valence-corrected chi connectivity index (χ3v) is 6.20. The van der Waals surface area contributed by atoms with E-state index in [1.165, 1.54) is 7.11 Å². The fourth-order valence-corrected chi connectivity index (χ4v) is 4.25. The molecule has 0 heterocycles. The highest BCUT2D eigenvalue weighted by Crippen LogP contribution is 2.44. The Morgan fingerprint density at radius 3 is 2.12 bits per heavy atom. The second kappa shape index (κ2) is 11.7. The fourth-order valence-electron chi connectivity index (χ4n) is 4.25. The summed E-state index contributed by atoms with van der Waals surface area (Å²) in [6.07, 6.45) is -0.766. The number of nitrogens with one attached hydrogen (secondary N) is 2. The summed E-state index contributed by atoms with van der Waals surface area (Å²) in [4.78, 5) is 36.3. The average Bonchev–Trinajstić information content (AvgIpc) is 3.13. The molecule has 1 aliphatic rings. The molecule has 0 spiro atoms. The molecule has 0 saturated carbocycles. The van der Waals surface area contributed by atoms with E-state index in [1.54, 1.807) is 0 Å². The number of methoxy groups -OCH3 is 1. The smallest absolute Gasteiger partial charge is 0.407 e. The van der Waals surface area contributed by atoms with Crippen LogP contribution >= 0.6 is 0 Å². The highest BCUT2D eigenvalue weighted by Gasteiger charge is 2.30. The molecule has 0 saturated heterocycles. The third kappa shape index (κ3) is 6.14. The summed E-state index contributed by atoms with van der Waals surface area (Å²) in [7, 11) is 1.43. The maximum Gasteiger partial charge on any atom is 0.407 e. The summed E-state index contributed by atoms with van der Waals surface area (Å²) in [5, 5.41) is 14.4. The zero-order valence-electron chi connectivity index (χ0n) is 19.7. The lowest BCUT2D eigenvalue weighted by Crippen LogP contribution is -2.50. The van der Waals surface area contributed by atoms with Crippen LogP contribution in [0.25, 0.3) is 11.1 Å². The summed E-state index contributed by atoms with van der Waals surface area (Å²) >= 11 is 0. The molecule has 0 radical (unpaired) electrons. The molecule has 2 aromatic carbocycles. The van der Waals surface area contributed by atoms with Crippen molar-refractivity contribution in [3.05, 3.63) is 59.7 Å². The largest absolute Gasteiger partial charge is 0.481 e. The van der Waals surface area contributed by atoms with Gasteiger partial charge in [0.15, 0.2) is 0 Å². The van der Waals surface area contributed by atoms with E-state index in [0.717, 1.165) is 22.3 Å². The van der Waals surface area contributed by atoms with Crippen molar-refractivity contribution in [3.8, 4) is 11.1 Å². The van der Waals surface area contributed by atoms with Crippen LogP contribution in [0, 0.1) is 11.8 Å². The van der Waals surface area contributed by atoms with Crippen molar-refractivity contribution in [1.82, 2.24) is 10.6 Å². The predicted molar refractivity (Wildman–Crippen MR) is 127 cm³/mol. The second-order valence-corrected chi connectivity index (χ2v) is 8.82. The van der Waals surface area contributed by atoms with E-state index in [1.807, 2.05) is 50.2 Å². The minimum atomic E-state index is -0.960. The van der Waals surface area contributed by atoms with Crippen molar-refractivity contribution >= 4 is 18.0 Å². The molecular formula is C26H32N2O6. The van der Waals surface area contributed by atoms with Crippen LogP contribution in [-0.2, 0) is 19.1 Å². The molecule has 3 rings (SSSR count). The van der Waals surface area contributed by atoms with E-state index in [0.29, 0.717) is 0 Å². The van der Waals surface area contributed by atoms with Crippen molar-refractivity contribution in [1.29, 1.82) is 0 Å². The van der Waals surface area contributed by atoms with E-state index in [4.69, 9.17) is 14.6 Å².